The van der Waals surface area contributed by atoms with Crippen LogP contribution in [-0.2, 0) is 0 Å². The molecule has 2 amide bonds. The molecule has 35 heavy (non-hydrogen) atoms. The van der Waals surface area contributed by atoms with Gasteiger partial charge in [-0.3, -0.25) is 25.0 Å². The van der Waals surface area contributed by atoms with E-state index in [2.05, 4.69) is 16.0 Å². The molecule has 0 spiro atoms. The Morgan fingerprint density at radius 3 is 2.54 bits per heavy atom. The van der Waals surface area contributed by atoms with Crippen molar-refractivity contribution in [2.45, 2.75) is 33.2 Å². The molecule has 12 heteroatoms. The normalized spacial score (nSPS) is 11.1. The molecule has 0 unspecified atom stereocenters. The van der Waals surface area contributed by atoms with Crippen molar-refractivity contribution in [1.82, 2.24) is 10.6 Å². The number of carbonyl (C=O) groups excluding carboxylic acids is 2. The van der Waals surface area contributed by atoms with Crippen LogP contribution in [0.3, 0.4) is 0 Å². The first-order chi connectivity index (χ1) is 16.4. The minimum Gasteiger partial charge on any atom is -0.487 e. The number of rotatable bonds is 6. The first-order valence-corrected chi connectivity index (χ1v) is 12.1. The average Bonchev–Trinajstić information content (AvgIpc) is 3.10. The Morgan fingerprint density at radius 1 is 1.20 bits per heavy atom. The van der Waals surface area contributed by atoms with E-state index in [-0.39, 0.29) is 34.6 Å². The molecule has 0 radical (unpaired) electrons. The number of amides is 2. The van der Waals surface area contributed by atoms with Crippen molar-refractivity contribution in [2.24, 2.45) is 0 Å². The number of fused-ring (bicyclic) bond motifs is 1. The average molecular weight is 535 g/mol. The summed E-state index contributed by atoms with van der Waals surface area (Å²) in [7, 11) is 0. The molecule has 184 valence electrons. The van der Waals surface area contributed by atoms with Gasteiger partial charge >= 0.3 is 5.69 Å². The van der Waals surface area contributed by atoms with Gasteiger partial charge < -0.3 is 15.4 Å². The van der Waals surface area contributed by atoms with E-state index >= 15 is 0 Å². The number of carbonyl (C=O) groups is 2. The van der Waals surface area contributed by atoms with Gasteiger partial charge in [-0.25, -0.2) is 0 Å². The van der Waals surface area contributed by atoms with Gasteiger partial charge in [-0.1, -0.05) is 23.7 Å². The van der Waals surface area contributed by atoms with Crippen LogP contribution in [0.5, 0.6) is 5.75 Å². The molecule has 0 aliphatic heterocycles. The minimum atomic E-state index is -0.629. The van der Waals surface area contributed by atoms with E-state index in [1.807, 2.05) is 20.8 Å². The van der Waals surface area contributed by atoms with Crippen LogP contribution in [0.4, 0.5) is 11.4 Å². The maximum absolute atomic E-state index is 12.7. The Kier molecular flexibility index (Phi) is 7.93. The zero-order chi connectivity index (χ0) is 25.9. The summed E-state index contributed by atoms with van der Waals surface area (Å²) >= 11 is 13.0. The van der Waals surface area contributed by atoms with Crippen molar-refractivity contribution in [3.8, 4) is 5.75 Å². The van der Waals surface area contributed by atoms with E-state index < -0.39 is 16.4 Å². The maximum Gasteiger partial charge on any atom is 0.311 e. The zero-order valence-electron chi connectivity index (χ0n) is 19.4. The number of halogens is 1. The maximum atomic E-state index is 12.7. The van der Waals surface area contributed by atoms with Crippen molar-refractivity contribution >= 4 is 73.5 Å². The molecule has 0 saturated carbocycles. The molecular formula is C23H23ClN4O5S2. The minimum absolute atomic E-state index is 0.0238. The molecule has 3 N–H and O–H groups in total. The molecule has 0 aliphatic carbocycles. The highest BCUT2D eigenvalue weighted by molar-refractivity contribution is 7.80. The number of nitrogens with zero attached hydrogens (tertiary/aromatic N) is 1. The Labute approximate surface area is 215 Å². The number of hydrogen-bond donors (Lipinski definition) is 3. The van der Waals surface area contributed by atoms with E-state index in [4.69, 9.17) is 28.6 Å². The van der Waals surface area contributed by atoms with Crippen LogP contribution in [0, 0.1) is 10.1 Å². The van der Waals surface area contributed by atoms with Gasteiger partial charge in [0.05, 0.1) is 26.9 Å². The van der Waals surface area contributed by atoms with Gasteiger partial charge in [-0.05, 0) is 58.1 Å². The van der Waals surface area contributed by atoms with Gasteiger partial charge in [0.2, 0.25) is 0 Å². The van der Waals surface area contributed by atoms with E-state index in [9.17, 15) is 19.7 Å². The Morgan fingerprint density at radius 2 is 1.91 bits per heavy atom. The summed E-state index contributed by atoms with van der Waals surface area (Å²) in [6.07, 6.45) is 0. The highest BCUT2D eigenvalue weighted by atomic mass is 35.5. The second-order valence-electron chi connectivity index (χ2n) is 8.41. The van der Waals surface area contributed by atoms with Gasteiger partial charge in [-0.15, -0.1) is 11.3 Å². The van der Waals surface area contributed by atoms with Gasteiger partial charge in [0, 0.05) is 22.6 Å². The Hall–Kier alpha value is -3.28. The Bertz CT molecular complexity index is 1330. The summed E-state index contributed by atoms with van der Waals surface area (Å²) < 4.78 is 5.92. The third-order valence-electron chi connectivity index (χ3n) is 4.54. The monoisotopic (exact) mass is 534 g/mol. The van der Waals surface area contributed by atoms with Gasteiger partial charge in [0.1, 0.15) is 4.88 Å². The fourth-order valence-electron chi connectivity index (χ4n) is 3.14. The molecule has 1 heterocycles. The van der Waals surface area contributed by atoms with Gasteiger partial charge in [0.25, 0.3) is 11.8 Å². The number of benzene rings is 2. The first-order valence-electron chi connectivity index (χ1n) is 10.5. The van der Waals surface area contributed by atoms with Gasteiger partial charge in [-0.2, -0.15) is 0 Å². The lowest BCUT2D eigenvalue weighted by atomic mass is 10.1. The second kappa shape index (κ2) is 10.5. The zero-order valence-corrected chi connectivity index (χ0v) is 21.7. The standard InChI is InChI=1S/C23H23ClN4O5S2/c1-5-33-16-10-9-12(11-15(16)28(31)32)20(29)26-22(34)25-14-8-6-7-13-17(24)19(35-18(13)14)21(30)27-23(2,3)4/h6-11H,5H2,1-4H3,(H,27,30)(H2,25,26,29,34). The van der Waals surface area contributed by atoms with E-state index in [0.717, 1.165) is 6.07 Å². The fraction of sp³-hybridized carbons (Fsp3) is 0.261. The summed E-state index contributed by atoms with van der Waals surface area (Å²) in [6.45, 7) is 7.58. The molecule has 0 saturated heterocycles. The lowest BCUT2D eigenvalue weighted by Crippen LogP contribution is -2.40. The van der Waals surface area contributed by atoms with E-state index in [1.54, 1.807) is 25.1 Å². The number of ether oxygens (including phenoxy) is 1. The van der Waals surface area contributed by atoms with Crippen LogP contribution < -0.4 is 20.7 Å². The lowest BCUT2D eigenvalue weighted by Gasteiger charge is -2.19. The SMILES string of the molecule is CCOc1ccc(C(=O)NC(=S)Nc2cccc3c(Cl)c(C(=O)NC(C)(C)C)sc23)cc1[N+](=O)[O-]. The highest BCUT2D eigenvalue weighted by Crippen LogP contribution is 2.39. The summed E-state index contributed by atoms with van der Waals surface area (Å²) in [6, 6.07) is 9.17. The predicted octanol–water partition coefficient (Wildman–Crippen LogP) is 5.52. The molecule has 9 nitrogen and oxygen atoms in total. The predicted molar refractivity (Wildman–Crippen MR) is 142 cm³/mol. The van der Waals surface area contributed by atoms with Crippen molar-refractivity contribution in [3.63, 3.8) is 0 Å². The number of nitro groups is 1. The third-order valence-corrected chi connectivity index (χ3v) is 6.49. The molecule has 1 aromatic heterocycles. The van der Waals surface area contributed by atoms with Crippen LogP contribution in [0.2, 0.25) is 5.02 Å². The van der Waals surface area contributed by atoms with Crippen LogP contribution in [-0.4, -0.2) is 34.0 Å². The molecule has 0 aliphatic rings. The molecule has 0 fully saturated rings. The number of nitro benzene ring substituents is 1. The topological polar surface area (TPSA) is 123 Å². The smallest absolute Gasteiger partial charge is 0.311 e. The third kappa shape index (κ3) is 6.24. The molecule has 0 atom stereocenters. The summed E-state index contributed by atoms with van der Waals surface area (Å²) in [5, 5.41) is 20.6. The number of thiocarbonyl (C=S) groups is 1. The van der Waals surface area contributed by atoms with Gasteiger partial charge in [0.15, 0.2) is 10.9 Å². The molecular weight excluding hydrogens is 512 g/mol. The van der Waals surface area contributed by atoms with E-state index in [1.165, 1.54) is 23.5 Å². The summed E-state index contributed by atoms with van der Waals surface area (Å²) in [5.41, 5.74) is -0.160. The number of hydrogen-bond acceptors (Lipinski definition) is 7. The van der Waals surface area contributed by atoms with Crippen LogP contribution in [0.15, 0.2) is 36.4 Å². The van der Waals surface area contributed by atoms with Crippen LogP contribution >= 0.6 is 35.2 Å². The lowest BCUT2D eigenvalue weighted by molar-refractivity contribution is -0.385. The van der Waals surface area contributed by atoms with E-state index in [0.29, 0.717) is 25.7 Å². The number of anilines is 1. The fourth-order valence-corrected chi connectivity index (χ4v) is 4.81. The van der Waals surface area contributed by atoms with Crippen molar-refractivity contribution < 1.29 is 19.2 Å². The van der Waals surface area contributed by atoms with Crippen LogP contribution in [0.1, 0.15) is 47.7 Å². The molecule has 2 aromatic carbocycles. The number of thiophene rings is 1. The van der Waals surface area contributed by atoms with Crippen molar-refractivity contribution in [3.05, 3.63) is 62.0 Å². The molecule has 3 aromatic rings. The largest absolute Gasteiger partial charge is 0.487 e. The molecule has 0 bridgehead atoms. The summed E-state index contributed by atoms with van der Waals surface area (Å²) in [4.78, 5) is 36.4. The van der Waals surface area contributed by atoms with Crippen molar-refractivity contribution in [1.29, 1.82) is 0 Å². The van der Waals surface area contributed by atoms with Crippen molar-refractivity contribution in [2.75, 3.05) is 11.9 Å². The summed E-state index contributed by atoms with van der Waals surface area (Å²) in [5.74, 6) is -0.847. The second-order valence-corrected chi connectivity index (χ2v) is 10.2. The van der Waals surface area contributed by atoms with Crippen LogP contribution in [0.25, 0.3) is 10.1 Å². The Balaban J connectivity index is 1.81. The first kappa shape index (κ1) is 26.3. The molecule has 3 rings (SSSR count). The quantitative estimate of drug-likeness (QED) is 0.216. The highest BCUT2D eigenvalue weighted by Gasteiger charge is 2.23. The number of nitrogens with one attached hydrogen (secondary N) is 3.